The average Bonchev–Trinajstić information content (AvgIpc) is 2.65. The zero-order valence-electron chi connectivity index (χ0n) is 11.6. The summed E-state index contributed by atoms with van der Waals surface area (Å²) in [4.78, 5) is 9.11. The fraction of sp³-hybridized carbons (Fsp3) is 0.600. The minimum atomic E-state index is 0.472. The number of hydrogen-bond acceptors (Lipinski definition) is 3. The van der Waals surface area contributed by atoms with Gasteiger partial charge in [0.05, 0.1) is 0 Å². The van der Waals surface area contributed by atoms with Crippen LogP contribution in [0.3, 0.4) is 0 Å². The van der Waals surface area contributed by atoms with E-state index in [1.807, 2.05) is 19.1 Å². The molecule has 0 aliphatic heterocycles. The topological polar surface area (TPSA) is 56.7 Å². The van der Waals surface area contributed by atoms with E-state index in [0.717, 1.165) is 16.9 Å². The Bertz CT molecular complexity index is 565. The number of imidazole rings is 1. The van der Waals surface area contributed by atoms with Crippen molar-refractivity contribution >= 4 is 17.1 Å². The van der Waals surface area contributed by atoms with Crippen LogP contribution < -0.4 is 5.73 Å². The highest BCUT2D eigenvalue weighted by Crippen LogP contribution is 2.31. The van der Waals surface area contributed by atoms with Gasteiger partial charge in [-0.15, -0.1) is 0 Å². The van der Waals surface area contributed by atoms with E-state index in [0.29, 0.717) is 12.0 Å². The van der Waals surface area contributed by atoms with Gasteiger partial charge < -0.3 is 5.73 Å². The molecule has 0 aromatic carbocycles. The normalized spacial score (nSPS) is 18.4. The molecule has 0 saturated heterocycles. The summed E-state index contributed by atoms with van der Waals surface area (Å²) in [7, 11) is 0. The molecule has 0 unspecified atom stereocenters. The Kier molecular flexibility index (Phi) is 3.40. The monoisotopic (exact) mass is 258 g/mol. The Balaban J connectivity index is 2.01. The van der Waals surface area contributed by atoms with E-state index in [1.165, 1.54) is 44.9 Å². The zero-order chi connectivity index (χ0) is 13.2. The van der Waals surface area contributed by atoms with Crippen molar-refractivity contribution in [2.75, 3.05) is 5.73 Å². The number of aromatic nitrogens is 3. The molecule has 1 saturated carbocycles. The summed E-state index contributed by atoms with van der Waals surface area (Å²) in [6, 6.07) is 4.49. The molecule has 3 rings (SSSR count). The second kappa shape index (κ2) is 5.19. The molecule has 1 aliphatic rings. The van der Waals surface area contributed by atoms with Gasteiger partial charge in [0.2, 0.25) is 5.95 Å². The minimum Gasteiger partial charge on any atom is -0.369 e. The van der Waals surface area contributed by atoms with Crippen molar-refractivity contribution in [3.8, 4) is 0 Å². The third kappa shape index (κ3) is 2.44. The molecule has 2 aromatic heterocycles. The van der Waals surface area contributed by atoms with Gasteiger partial charge in [-0.25, -0.2) is 9.97 Å². The fourth-order valence-electron chi connectivity index (χ4n) is 3.14. The smallest absolute Gasteiger partial charge is 0.202 e. The van der Waals surface area contributed by atoms with E-state index in [4.69, 9.17) is 5.73 Å². The Morgan fingerprint density at radius 1 is 1.05 bits per heavy atom. The lowest BCUT2D eigenvalue weighted by atomic mass is 9.96. The standard InChI is InChI=1S/C15H22N4/c1-11-9-10-13-14(17-11)19(15(16)18-13)12-7-5-3-2-4-6-8-12/h9-10,12H,2-8H2,1H3,(H2,16,18). The van der Waals surface area contributed by atoms with Crippen LogP contribution in [0.25, 0.3) is 11.2 Å². The first kappa shape index (κ1) is 12.5. The maximum absolute atomic E-state index is 6.14. The minimum absolute atomic E-state index is 0.472. The number of nitrogen functional groups attached to an aromatic ring is 1. The van der Waals surface area contributed by atoms with Crippen LogP contribution in [0, 0.1) is 6.92 Å². The van der Waals surface area contributed by atoms with Crippen LogP contribution in [-0.2, 0) is 0 Å². The molecule has 19 heavy (non-hydrogen) atoms. The van der Waals surface area contributed by atoms with E-state index in [1.54, 1.807) is 0 Å². The number of fused-ring (bicyclic) bond motifs is 1. The molecule has 1 aliphatic carbocycles. The second-order valence-corrected chi connectivity index (χ2v) is 5.63. The van der Waals surface area contributed by atoms with Crippen molar-refractivity contribution in [2.24, 2.45) is 0 Å². The van der Waals surface area contributed by atoms with Crippen LogP contribution in [0.15, 0.2) is 12.1 Å². The fourth-order valence-corrected chi connectivity index (χ4v) is 3.14. The van der Waals surface area contributed by atoms with Crippen molar-refractivity contribution in [2.45, 2.75) is 57.9 Å². The maximum Gasteiger partial charge on any atom is 0.202 e. The van der Waals surface area contributed by atoms with E-state index in [9.17, 15) is 0 Å². The largest absolute Gasteiger partial charge is 0.369 e. The summed E-state index contributed by atoms with van der Waals surface area (Å²) < 4.78 is 2.17. The Labute approximate surface area is 114 Å². The molecular weight excluding hydrogens is 236 g/mol. The number of rotatable bonds is 1. The highest BCUT2D eigenvalue weighted by molar-refractivity contribution is 5.74. The average molecular weight is 258 g/mol. The second-order valence-electron chi connectivity index (χ2n) is 5.63. The summed E-state index contributed by atoms with van der Waals surface area (Å²) in [5.74, 6) is 0.624. The SMILES string of the molecule is Cc1ccc2nc(N)n(C3CCCCCCC3)c2n1. The van der Waals surface area contributed by atoms with Crippen LogP contribution in [0.2, 0.25) is 0 Å². The lowest BCUT2D eigenvalue weighted by Gasteiger charge is -2.22. The predicted molar refractivity (Wildman–Crippen MR) is 78.0 cm³/mol. The molecule has 102 valence electrons. The number of nitrogens with zero attached hydrogens (tertiary/aromatic N) is 3. The van der Waals surface area contributed by atoms with Crippen LogP contribution in [0.1, 0.15) is 56.7 Å². The quantitative estimate of drug-likeness (QED) is 0.850. The zero-order valence-corrected chi connectivity index (χ0v) is 11.6. The molecule has 2 N–H and O–H groups in total. The van der Waals surface area contributed by atoms with Crippen LogP contribution >= 0.6 is 0 Å². The summed E-state index contributed by atoms with van der Waals surface area (Å²) in [6.07, 6.45) is 9.04. The summed E-state index contributed by atoms with van der Waals surface area (Å²) in [6.45, 7) is 2.02. The van der Waals surface area contributed by atoms with Gasteiger partial charge in [-0.2, -0.15) is 0 Å². The van der Waals surface area contributed by atoms with Crippen molar-refractivity contribution in [1.29, 1.82) is 0 Å². The molecule has 4 nitrogen and oxygen atoms in total. The van der Waals surface area contributed by atoms with Crippen LogP contribution in [0.4, 0.5) is 5.95 Å². The predicted octanol–water partition coefficient (Wildman–Crippen LogP) is 3.61. The van der Waals surface area contributed by atoms with Crippen molar-refractivity contribution in [3.05, 3.63) is 17.8 Å². The first-order valence-corrected chi connectivity index (χ1v) is 7.37. The van der Waals surface area contributed by atoms with Crippen LogP contribution in [-0.4, -0.2) is 14.5 Å². The van der Waals surface area contributed by atoms with Gasteiger partial charge in [0.25, 0.3) is 0 Å². The van der Waals surface area contributed by atoms with E-state index in [2.05, 4.69) is 14.5 Å². The number of nitrogens with two attached hydrogens (primary N) is 1. The Hall–Kier alpha value is -1.58. The molecular formula is C15H22N4. The molecule has 0 amide bonds. The first-order chi connectivity index (χ1) is 9.25. The number of aryl methyl sites for hydroxylation is 1. The van der Waals surface area contributed by atoms with Gasteiger partial charge in [0.15, 0.2) is 5.65 Å². The third-order valence-electron chi connectivity index (χ3n) is 4.14. The molecule has 0 spiro atoms. The molecule has 4 heteroatoms. The summed E-state index contributed by atoms with van der Waals surface area (Å²) in [5, 5.41) is 0. The van der Waals surface area contributed by atoms with E-state index in [-0.39, 0.29) is 0 Å². The molecule has 0 radical (unpaired) electrons. The third-order valence-corrected chi connectivity index (χ3v) is 4.14. The highest BCUT2D eigenvalue weighted by atomic mass is 15.2. The molecule has 2 heterocycles. The van der Waals surface area contributed by atoms with Gasteiger partial charge >= 0.3 is 0 Å². The molecule has 0 atom stereocenters. The summed E-state index contributed by atoms with van der Waals surface area (Å²) in [5.41, 5.74) is 9.05. The maximum atomic E-state index is 6.14. The first-order valence-electron chi connectivity index (χ1n) is 7.37. The Morgan fingerprint density at radius 3 is 2.47 bits per heavy atom. The lowest BCUT2D eigenvalue weighted by Crippen LogP contribution is -2.14. The van der Waals surface area contributed by atoms with Crippen LogP contribution in [0.5, 0.6) is 0 Å². The van der Waals surface area contributed by atoms with E-state index >= 15 is 0 Å². The highest BCUT2D eigenvalue weighted by Gasteiger charge is 2.19. The number of pyridine rings is 1. The van der Waals surface area contributed by atoms with Gasteiger partial charge in [-0.3, -0.25) is 4.57 Å². The summed E-state index contributed by atoms with van der Waals surface area (Å²) >= 11 is 0. The van der Waals surface area contributed by atoms with Gasteiger partial charge in [-0.05, 0) is 31.9 Å². The molecule has 2 aromatic rings. The van der Waals surface area contributed by atoms with Gasteiger partial charge in [-0.1, -0.05) is 32.1 Å². The van der Waals surface area contributed by atoms with Gasteiger partial charge in [0.1, 0.15) is 5.52 Å². The lowest BCUT2D eigenvalue weighted by molar-refractivity contribution is 0.380. The van der Waals surface area contributed by atoms with Crippen molar-refractivity contribution in [1.82, 2.24) is 14.5 Å². The van der Waals surface area contributed by atoms with Crippen molar-refractivity contribution in [3.63, 3.8) is 0 Å². The van der Waals surface area contributed by atoms with Gasteiger partial charge in [0, 0.05) is 11.7 Å². The number of hydrogen-bond donors (Lipinski definition) is 1. The van der Waals surface area contributed by atoms with Crippen molar-refractivity contribution < 1.29 is 0 Å². The molecule has 1 fully saturated rings. The molecule has 0 bridgehead atoms. The number of anilines is 1. The Morgan fingerprint density at radius 2 is 1.74 bits per heavy atom. The van der Waals surface area contributed by atoms with E-state index < -0.39 is 0 Å².